The highest BCUT2D eigenvalue weighted by Gasteiger charge is 2.30. The van der Waals surface area contributed by atoms with Crippen molar-refractivity contribution in [2.24, 2.45) is 0 Å². The van der Waals surface area contributed by atoms with Crippen LogP contribution in [0.15, 0.2) is 29.2 Å². The predicted molar refractivity (Wildman–Crippen MR) is 88.4 cm³/mol. The van der Waals surface area contributed by atoms with Gasteiger partial charge in [-0.3, -0.25) is 8.98 Å². The second-order valence-corrected chi connectivity index (χ2v) is 6.75. The summed E-state index contributed by atoms with van der Waals surface area (Å²) >= 11 is 0. The first kappa shape index (κ1) is 20.7. The molecule has 0 unspecified atom stereocenters. The number of hydrogen-bond acceptors (Lipinski definition) is 6. The number of rotatable bonds is 10. The van der Waals surface area contributed by atoms with E-state index < -0.39 is 27.6 Å². The molecule has 1 aromatic rings. The van der Waals surface area contributed by atoms with Gasteiger partial charge in [0.05, 0.1) is 18.1 Å². The summed E-state index contributed by atoms with van der Waals surface area (Å²) in [5, 5.41) is 0. The number of ether oxygens (including phenoxy) is 1. The molecule has 0 spiro atoms. The molecule has 136 valence electrons. The lowest BCUT2D eigenvalue weighted by Crippen LogP contribution is -2.27. The highest BCUT2D eigenvalue weighted by atomic mass is 32.2. The summed E-state index contributed by atoms with van der Waals surface area (Å²) in [6.45, 7) is 3.35. The van der Waals surface area contributed by atoms with E-state index in [9.17, 15) is 18.0 Å². The number of Topliss-reactive ketones (excluding diaryl/α,β-unsaturated/α-hetero) is 1. The molecule has 0 aliphatic heterocycles. The number of nitrogens with zero attached hydrogens (tertiary/aromatic N) is 2. The summed E-state index contributed by atoms with van der Waals surface area (Å²) in [6, 6.07) is 6.25. The van der Waals surface area contributed by atoms with E-state index in [2.05, 4.69) is 9.53 Å². The zero-order chi connectivity index (χ0) is 18.9. The predicted octanol–water partition coefficient (Wildman–Crippen LogP) is 1.67. The minimum absolute atomic E-state index is 0.0514. The molecule has 1 aromatic carbocycles. The quantitative estimate of drug-likeness (QED) is 0.118. The Morgan fingerprint density at radius 3 is 2.36 bits per heavy atom. The highest BCUT2D eigenvalue weighted by molar-refractivity contribution is 7.86. The smallest absolute Gasteiger partial charge is 0.441 e. The third kappa shape index (κ3) is 6.58. The van der Waals surface area contributed by atoms with Gasteiger partial charge in [0.1, 0.15) is 0 Å². The molecule has 0 aliphatic rings. The van der Waals surface area contributed by atoms with E-state index in [1.807, 2.05) is 6.92 Å². The number of benzene rings is 1. The van der Waals surface area contributed by atoms with Gasteiger partial charge < -0.3 is 10.3 Å². The fourth-order valence-electron chi connectivity index (χ4n) is 1.86. The minimum Gasteiger partial charge on any atom is -0.457 e. The van der Waals surface area contributed by atoms with Crippen molar-refractivity contribution in [1.29, 1.82) is 0 Å². The van der Waals surface area contributed by atoms with Gasteiger partial charge in [-0.05, 0) is 38.8 Å². The van der Waals surface area contributed by atoms with Crippen molar-refractivity contribution in [2.75, 3.05) is 13.2 Å². The lowest BCUT2D eigenvalue weighted by atomic mass is 10.1. The largest absolute Gasteiger partial charge is 0.457 e. The summed E-state index contributed by atoms with van der Waals surface area (Å²) < 4.78 is 33.4. The Bertz CT molecular complexity index is 764. The van der Waals surface area contributed by atoms with Gasteiger partial charge >= 0.3 is 11.7 Å². The molecule has 0 saturated heterocycles. The van der Waals surface area contributed by atoms with Crippen LogP contribution in [0.5, 0.6) is 0 Å². The topological polar surface area (TPSA) is 123 Å². The van der Waals surface area contributed by atoms with Gasteiger partial charge in [-0.25, -0.2) is 4.79 Å². The summed E-state index contributed by atoms with van der Waals surface area (Å²) in [5.74, 6) is -1.67. The number of hydrogen-bond donors (Lipinski definition) is 0. The van der Waals surface area contributed by atoms with Crippen LogP contribution in [0, 0.1) is 6.92 Å². The Labute approximate surface area is 146 Å². The fraction of sp³-hybridized carbons (Fsp3) is 0.438. The molecule has 0 atom stereocenters. The first-order valence-electron chi connectivity index (χ1n) is 7.70. The number of carbonyl (C=O) groups is 2. The van der Waals surface area contributed by atoms with Gasteiger partial charge in [0.25, 0.3) is 15.9 Å². The van der Waals surface area contributed by atoms with Crippen molar-refractivity contribution >= 4 is 27.6 Å². The zero-order valence-electron chi connectivity index (χ0n) is 14.1. The van der Waals surface area contributed by atoms with Crippen LogP contribution < -0.4 is 0 Å². The maximum atomic E-state index is 12.0. The fourth-order valence-corrected chi connectivity index (χ4v) is 2.80. The molecule has 9 heteroatoms. The third-order valence-corrected chi connectivity index (χ3v) is 4.51. The van der Waals surface area contributed by atoms with Crippen molar-refractivity contribution in [3.63, 3.8) is 0 Å². The average Bonchev–Trinajstić information content (AvgIpc) is 2.55. The molecular weight excluding hydrogens is 348 g/mol. The van der Waals surface area contributed by atoms with Crippen LogP contribution in [0.2, 0.25) is 0 Å². The van der Waals surface area contributed by atoms with Gasteiger partial charge in [-0.1, -0.05) is 17.7 Å². The van der Waals surface area contributed by atoms with Crippen molar-refractivity contribution in [2.45, 2.75) is 38.0 Å². The molecule has 0 saturated carbocycles. The van der Waals surface area contributed by atoms with Crippen LogP contribution in [-0.2, 0) is 28.6 Å². The van der Waals surface area contributed by atoms with Crippen LogP contribution in [0.4, 0.5) is 0 Å². The van der Waals surface area contributed by atoms with Crippen molar-refractivity contribution in [3.8, 4) is 0 Å². The molecular formula is C16H20N2O6S. The van der Waals surface area contributed by atoms with Crippen molar-refractivity contribution in [1.82, 2.24) is 0 Å². The van der Waals surface area contributed by atoms with E-state index in [-0.39, 0.29) is 37.4 Å². The first-order valence-corrected chi connectivity index (χ1v) is 9.11. The number of ketones is 1. The Morgan fingerprint density at radius 2 is 1.80 bits per heavy atom. The molecule has 0 radical (unpaired) electrons. The van der Waals surface area contributed by atoms with Crippen molar-refractivity contribution < 1.29 is 31.7 Å². The Hall–Kier alpha value is -2.35. The van der Waals surface area contributed by atoms with E-state index in [1.54, 1.807) is 19.1 Å². The maximum Gasteiger partial charge on any atom is 0.441 e. The first-order chi connectivity index (χ1) is 11.8. The van der Waals surface area contributed by atoms with E-state index in [1.165, 1.54) is 12.1 Å². The average molecular weight is 368 g/mol. The molecule has 0 amide bonds. The van der Waals surface area contributed by atoms with Gasteiger partial charge in [0.2, 0.25) is 0 Å². The summed E-state index contributed by atoms with van der Waals surface area (Å²) in [7, 11) is -3.84. The number of esters is 1. The maximum absolute atomic E-state index is 12.0. The molecule has 25 heavy (non-hydrogen) atoms. The molecule has 0 aromatic heterocycles. The minimum atomic E-state index is -3.84. The highest BCUT2D eigenvalue weighted by Crippen LogP contribution is 2.14. The lowest BCUT2D eigenvalue weighted by Gasteiger charge is -2.05. The second-order valence-electron chi connectivity index (χ2n) is 5.14. The normalized spacial score (nSPS) is 10.8. The summed E-state index contributed by atoms with van der Waals surface area (Å²) in [5.41, 5.74) is 8.97. The molecule has 0 N–H and O–H groups in total. The number of carbonyl (C=O) groups excluding carboxylic acids is 2. The lowest BCUT2D eigenvalue weighted by molar-refractivity contribution is -0.141. The second kappa shape index (κ2) is 9.83. The van der Waals surface area contributed by atoms with Gasteiger partial charge in [-0.15, -0.1) is 0 Å². The van der Waals surface area contributed by atoms with Crippen LogP contribution in [0.1, 0.15) is 31.7 Å². The van der Waals surface area contributed by atoms with E-state index in [0.29, 0.717) is 0 Å². The van der Waals surface area contributed by atoms with E-state index in [0.717, 1.165) is 5.56 Å². The monoisotopic (exact) mass is 368 g/mol. The number of aryl methyl sites for hydroxylation is 1. The SMILES string of the molecule is CCOC(=O)C(=[N+]=[N-])C(=O)CCCCOS(=O)(=O)c1ccc(C)cc1. The van der Waals surface area contributed by atoms with Crippen LogP contribution in [0.3, 0.4) is 0 Å². The molecule has 0 bridgehead atoms. The zero-order valence-corrected chi connectivity index (χ0v) is 14.9. The molecule has 1 rings (SSSR count). The van der Waals surface area contributed by atoms with Crippen molar-refractivity contribution in [3.05, 3.63) is 35.4 Å². The Morgan fingerprint density at radius 1 is 1.16 bits per heavy atom. The van der Waals surface area contributed by atoms with Crippen LogP contribution >= 0.6 is 0 Å². The van der Waals surface area contributed by atoms with Gasteiger partial charge in [0, 0.05) is 6.42 Å². The van der Waals surface area contributed by atoms with Crippen LogP contribution in [-0.4, -0.2) is 43.9 Å². The van der Waals surface area contributed by atoms with E-state index >= 15 is 0 Å². The molecule has 0 fully saturated rings. The van der Waals surface area contributed by atoms with Gasteiger partial charge in [-0.2, -0.15) is 13.2 Å². The van der Waals surface area contributed by atoms with Gasteiger partial charge in [0.15, 0.2) is 0 Å². The summed E-state index contributed by atoms with van der Waals surface area (Å²) in [4.78, 5) is 25.9. The molecule has 8 nitrogen and oxygen atoms in total. The number of unbranched alkanes of at least 4 members (excludes halogenated alkanes) is 1. The molecule has 0 aliphatic carbocycles. The Balaban J connectivity index is 2.43. The van der Waals surface area contributed by atoms with Crippen LogP contribution in [0.25, 0.3) is 5.53 Å². The Kier molecular flexibility index (Phi) is 8.13. The summed E-state index contributed by atoms with van der Waals surface area (Å²) in [6.07, 6.45) is 0.450. The standard InChI is InChI=1S/C16H20N2O6S/c1-3-23-16(20)15(18-17)14(19)6-4-5-11-24-25(21,22)13-9-7-12(2)8-10-13/h7-10H,3-6,11H2,1-2H3. The van der Waals surface area contributed by atoms with E-state index in [4.69, 9.17) is 9.71 Å². The third-order valence-electron chi connectivity index (χ3n) is 3.18. The molecule has 0 heterocycles.